The molecule has 0 aromatic heterocycles. The van der Waals surface area contributed by atoms with Crippen molar-refractivity contribution >= 4 is 6.09 Å². The van der Waals surface area contributed by atoms with Crippen LogP contribution in [0.15, 0.2) is 30.3 Å². The lowest BCUT2D eigenvalue weighted by Crippen LogP contribution is -2.57. The van der Waals surface area contributed by atoms with Crippen molar-refractivity contribution in [2.24, 2.45) is 5.73 Å². The van der Waals surface area contributed by atoms with Gasteiger partial charge in [0.2, 0.25) is 0 Å². The fourth-order valence-electron chi connectivity index (χ4n) is 2.03. The summed E-state index contributed by atoms with van der Waals surface area (Å²) in [7, 11) is 0. The van der Waals surface area contributed by atoms with Crippen LogP contribution >= 0.6 is 0 Å². The molecule has 4 nitrogen and oxygen atoms in total. The zero-order valence-electron chi connectivity index (χ0n) is 11.0. The molecular formula is C14H19FN2O2. The van der Waals surface area contributed by atoms with Gasteiger partial charge < -0.3 is 15.4 Å². The Morgan fingerprint density at radius 1 is 1.53 bits per heavy atom. The van der Waals surface area contributed by atoms with Gasteiger partial charge in [0, 0.05) is 19.5 Å². The molecule has 5 heteroatoms. The molecule has 1 saturated heterocycles. The average Bonchev–Trinajstić information content (AvgIpc) is 2.40. The van der Waals surface area contributed by atoms with Gasteiger partial charge in [-0.2, -0.15) is 0 Å². The smallest absolute Gasteiger partial charge is 0.410 e. The van der Waals surface area contributed by atoms with Crippen molar-refractivity contribution in [2.75, 3.05) is 13.1 Å². The molecule has 1 aromatic rings. The highest BCUT2D eigenvalue weighted by molar-refractivity contribution is 5.68. The predicted octanol–water partition coefficient (Wildman–Crippen LogP) is 2.08. The summed E-state index contributed by atoms with van der Waals surface area (Å²) in [6, 6.07) is 8.77. The van der Waals surface area contributed by atoms with Crippen LogP contribution in [0.1, 0.15) is 18.9 Å². The third-order valence-corrected chi connectivity index (χ3v) is 3.52. The van der Waals surface area contributed by atoms with Crippen molar-refractivity contribution < 1.29 is 13.9 Å². The van der Waals surface area contributed by atoms with E-state index >= 15 is 0 Å². The molecule has 1 heterocycles. The van der Waals surface area contributed by atoms with Crippen LogP contribution in [0.5, 0.6) is 0 Å². The van der Waals surface area contributed by atoms with Crippen molar-refractivity contribution in [1.82, 2.24) is 4.90 Å². The fraction of sp³-hybridized carbons (Fsp3) is 0.500. The predicted molar refractivity (Wildman–Crippen MR) is 70.3 cm³/mol. The third kappa shape index (κ3) is 3.44. The Morgan fingerprint density at radius 2 is 2.21 bits per heavy atom. The van der Waals surface area contributed by atoms with Gasteiger partial charge in [0.15, 0.2) is 0 Å². The van der Waals surface area contributed by atoms with E-state index in [0.717, 1.165) is 5.56 Å². The van der Waals surface area contributed by atoms with Crippen LogP contribution in [-0.4, -0.2) is 35.8 Å². The number of piperidine rings is 1. The van der Waals surface area contributed by atoms with E-state index in [4.69, 9.17) is 10.5 Å². The van der Waals surface area contributed by atoms with E-state index in [2.05, 4.69) is 0 Å². The van der Waals surface area contributed by atoms with Crippen molar-refractivity contribution in [2.45, 2.75) is 31.7 Å². The van der Waals surface area contributed by atoms with Gasteiger partial charge >= 0.3 is 6.09 Å². The van der Waals surface area contributed by atoms with Gasteiger partial charge in [-0.15, -0.1) is 0 Å². The largest absolute Gasteiger partial charge is 0.445 e. The summed E-state index contributed by atoms with van der Waals surface area (Å²) in [5.74, 6) is 0. The number of alkyl halides is 1. The van der Waals surface area contributed by atoms with Crippen LogP contribution in [0.4, 0.5) is 9.18 Å². The number of halogens is 1. The summed E-state index contributed by atoms with van der Waals surface area (Å²) >= 11 is 0. The van der Waals surface area contributed by atoms with Crippen molar-refractivity contribution in [3.63, 3.8) is 0 Å². The Labute approximate surface area is 112 Å². The first-order valence-electron chi connectivity index (χ1n) is 6.39. The van der Waals surface area contributed by atoms with Crippen molar-refractivity contribution in [3.05, 3.63) is 35.9 Å². The molecule has 2 rings (SSSR count). The highest BCUT2D eigenvalue weighted by Crippen LogP contribution is 2.25. The molecular weight excluding hydrogens is 247 g/mol. The molecule has 2 atom stereocenters. The summed E-state index contributed by atoms with van der Waals surface area (Å²) in [6.45, 7) is 2.23. The van der Waals surface area contributed by atoms with Crippen LogP contribution in [0.25, 0.3) is 0 Å². The summed E-state index contributed by atoms with van der Waals surface area (Å²) < 4.78 is 19.0. The molecule has 0 spiro atoms. The normalized spacial score (nSPS) is 27.1. The van der Waals surface area contributed by atoms with Crippen molar-refractivity contribution in [3.8, 4) is 0 Å². The number of rotatable bonds is 2. The van der Waals surface area contributed by atoms with E-state index in [9.17, 15) is 9.18 Å². The summed E-state index contributed by atoms with van der Waals surface area (Å²) in [5, 5.41) is 0. The molecule has 1 fully saturated rings. The molecule has 19 heavy (non-hydrogen) atoms. The van der Waals surface area contributed by atoms with Crippen LogP contribution in [0, 0.1) is 0 Å². The lowest BCUT2D eigenvalue weighted by Gasteiger charge is -2.38. The Bertz CT molecular complexity index is 436. The maximum absolute atomic E-state index is 13.8. The number of benzene rings is 1. The summed E-state index contributed by atoms with van der Waals surface area (Å²) in [4.78, 5) is 13.3. The highest BCUT2D eigenvalue weighted by Gasteiger charge is 2.39. The van der Waals surface area contributed by atoms with E-state index < -0.39 is 17.8 Å². The molecule has 0 radical (unpaired) electrons. The maximum Gasteiger partial charge on any atom is 0.410 e. The Balaban J connectivity index is 1.84. The number of likely N-dealkylation sites (tertiary alicyclic amines) is 1. The topological polar surface area (TPSA) is 55.6 Å². The highest BCUT2D eigenvalue weighted by atomic mass is 19.1. The molecule has 2 N–H and O–H groups in total. The van der Waals surface area contributed by atoms with Crippen LogP contribution in [0.2, 0.25) is 0 Å². The second kappa shape index (κ2) is 5.57. The Morgan fingerprint density at radius 3 is 2.84 bits per heavy atom. The number of hydrogen-bond acceptors (Lipinski definition) is 3. The zero-order chi connectivity index (χ0) is 13.9. The summed E-state index contributed by atoms with van der Waals surface area (Å²) in [5.41, 5.74) is 5.24. The molecule has 0 aliphatic carbocycles. The lowest BCUT2D eigenvalue weighted by atomic mass is 9.91. The zero-order valence-corrected chi connectivity index (χ0v) is 11.0. The van der Waals surface area contributed by atoms with Gasteiger partial charge in [-0.25, -0.2) is 9.18 Å². The number of hydrogen-bond donors (Lipinski definition) is 1. The number of ether oxygens (including phenoxy) is 1. The minimum absolute atomic E-state index is 0.195. The number of nitrogens with two attached hydrogens (primary N) is 1. The third-order valence-electron chi connectivity index (χ3n) is 3.52. The van der Waals surface area contributed by atoms with Gasteiger partial charge in [-0.1, -0.05) is 30.3 Å². The summed E-state index contributed by atoms with van der Waals surface area (Å²) in [6.07, 6.45) is -0.191. The van der Waals surface area contributed by atoms with E-state index in [1.807, 2.05) is 30.3 Å². The number of nitrogens with zero attached hydrogens (tertiary/aromatic N) is 1. The number of carbonyl (C=O) groups is 1. The molecule has 0 bridgehead atoms. The molecule has 104 valence electrons. The first-order valence-corrected chi connectivity index (χ1v) is 6.39. The number of carbonyl (C=O) groups excluding carboxylic acids is 1. The van der Waals surface area contributed by atoms with Gasteiger partial charge in [-0.3, -0.25) is 0 Å². The lowest BCUT2D eigenvalue weighted by molar-refractivity contribution is 0.0358. The second-order valence-electron chi connectivity index (χ2n) is 5.12. The van der Waals surface area contributed by atoms with Gasteiger partial charge in [0.25, 0.3) is 0 Å². The quantitative estimate of drug-likeness (QED) is 0.891. The van der Waals surface area contributed by atoms with E-state index in [-0.39, 0.29) is 19.6 Å². The molecule has 0 saturated carbocycles. The SMILES string of the molecule is CC1(F)CCN(C(=O)OCc2ccccc2)CC1N. The van der Waals surface area contributed by atoms with E-state index in [1.165, 1.54) is 11.8 Å². The molecule has 1 aliphatic heterocycles. The van der Waals surface area contributed by atoms with Crippen LogP contribution in [0.3, 0.4) is 0 Å². The second-order valence-corrected chi connectivity index (χ2v) is 5.12. The minimum Gasteiger partial charge on any atom is -0.445 e. The van der Waals surface area contributed by atoms with Gasteiger partial charge in [0.1, 0.15) is 12.3 Å². The van der Waals surface area contributed by atoms with Gasteiger partial charge in [0.05, 0.1) is 6.04 Å². The first kappa shape index (κ1) is 13.8. The van der Waals surface area contributed by atoms with Crippen molar-refractivity contribution in [1.29, 1.82) is 0 Å². The fourth-order valence-corrected chi connectivity index (χ4v) is 2.03. The Hall–Kier alpha value is -1.62. The molecule has 1 aromatic carbocycles. The molecule has 2 unspecified atom stereocenters. The average molecular weight is 266 g/mol. The maximum atomic E-state index is 13.8. The minimum atomic E-state index is -1.41. The molecule has 1 amide bonds. The van der Waals surface area contributed by atoms with Gasteiger partial charge in [-0.05, 0) is 12.5 Å². The standard InChI is InChI=1S/C14H19FN2O2/c1-14(15)7-8-17(9-12(14)16)13(18)19-10-11-5-3-2-4-6-11/h2-6,12H,7-10,16H2,1H3. The Kier molecular flexibility index (Phi) is 4.04. The van der Waals surface area contributed by atoms with Crippen LogP contribution < -0.4 is 5.73 Å². The first-order chi connectivity index (χ1) is 8.99. The monoisotopic (exact) mass is 266 g/mol. The molecule has 1 aliphatic rings. The number of amides is 1. The van der Waals surface area contributed by atoms with E-state index in [1.54, 1.807) is 0 Å². The van der Waals surface area contributed by atoms with E-state index in [0.29, 0.717) is 6.54 Å². The van der Waals surface area contributed by atoms with Crippen LogP contribution in [-0.2, 0) is 11.3 Å².